The molecule has 2 atom stereocenters. The highest BCUT2D eigenvalue weighted by Gasteiger charge is 2.34. The van der Waals surface area contributed by atoms with Gasteiger partial charge in [-0.3, -0.25) is 9.59 Å². The van der Waals surface area contributed by atoms with Gasteiger partial charge >= 0.3 is 0 Å². The van der Waals surface area contributed by atoms with Gasteiger partial charge in [-0.15, -0.1) is 12.4 Å². The lowest BCUT2D eigenvalue weighted by Crippen LogP contribution is -2.50. The van der Waals surface area contributed by atoms with Gasteiger partial charge < -0.3 is 15.5 Å². The topological polar surface area (TPSA) is 61.4 Å². The van der Waals surface area contributed by atoms with Crippen molar-refractivity contribution in [1.29, 1.82) is 0 Å². The fraction of sp³-hybridized carbons (Fsp3) is 0.867. The Kier molecular flexibility index (Phi) is 6.47. The van der Waals surface area contributed by atoms with E-state index in [1.807, 2.05) is 25.7 Å². The summed E-state index contributed by atoms with van der Waals surface area (Å²) in [4.78, 5) is 26.5. The lowest BCUT2D eigenvalue weighted by molar-refractivity contribution is -0.142. The van der Waals surface area contributed by atoms with Gasteiger partial charge in [-0.2, -0.15) is 0 Å². The molecule has 2 aliphatic heterocycles. The number of hydrogen-bond acceptors (Lipinski definition) is 3. The Morgan fingerprint density at radius 3 is 2.52 bits per heavy atom. The first-order valence-electron chi connectivity index (χ1n) is 7.68. The van der Waals surface area contributed by atoms with E-state index in [1.165, 1.54) is 0 Å². The summed E-state index contributed by atoms with van der Waals surface area (Å²) >= 11 is 0. The highest BCUT2D eigenvalue weighted by Crippen LogP contribution is 2.23. The van der Waals surface area contributed by atoms with Gasteiger partial charge in [0.05, 0.1) is 5.92 Å². The standard InChI is InChI=1S/C15H27N3O2.ClH/c1-15(2,3)14(20)18-8-4-5-11(10-18)13(19)17-12-6-7-16-9-12;/h11-12,16H,4-10H2,1-3H3,(H,17,19);1H. The maximum atomic E-state index is 12.3. The van der Waals surface area contributed by atoms with Crippen LogP contribution < -0.4 is 10.6 Å². The lowest BCUT2D eigenvalue weighted by Gasteiger charge is -2.36. The van der Waals surface area contributed by atoms with E-state index in [0.29, 0.717) is 6.54 Å². The minimum atomic E-state index is -0.367. The minimum Gasteiger partial charge on any atom is -0.352 e. The van der Waals surface area contributed by atoms with E-state index in [0.717, 1.165) is 38.9 Å². The van der Waals surface area contributed by atoms with Crippen molar-refractivity contribution in [3.05, 3.63) is 0 Å². The van der Waals surface area contributed by atoms with Gasteiger partial charge in [-0.25, -0.2) is 0 Å². The van der Waals surface area contributed by atoms with Crippen LogP contribution in [0.4, 0.5) is 0 Å². The molecule has 0 aromatic rings. The Morgan fingerprint density at radius 2 is 1.95 bits per heavy atom. The van der Waals surface area contributed by atoms with E-state index in [-0.39, 0.29) is 41.6 Å². The van der Waals surface area contributed by atoms with Crippen LogP contribution in [0.2, 0.25) is 0 Å². The summed E-state index contributed by atoms with van der Waals surface area (Å²) in [7, 11) is 0. The average molecular weight is 318 g/mol. The maximum absolute atomic E-state index is 12.3. The van der Waals surface area contributed by atoms with Gasteiger partial charge in [0.15, 0.2) is 0 Å². The number of piperidine rings is 1. The molecule has 2 fully saturated rings. The molecular formula is C15H28ClN3O2. The third-order valence-electron chi connectivity index (χ3n) is 4.13. The minimum absolute atomic E-state index is 0. The van der Waals surface area contributed by atoms with Gasteiger partial charge in [-0.05, 0) is 25.8 Å². The van der Waals surface area contributed by atoms with Gasteiger partial charge in [0.1, 0.15) is 0 Å². The molecule has 0 bridgehead atoms. The van der Waals surface area contributed by atoms with Gasteiger partial charge in [0.2, 0.25) is 11.8 Å². The molecule has 2 aliphatic rings. The zero-order valence-electron chi connectivity index (χ0n) is 13.3. The molecule has 0 radical (unpaired) electrons. The van der Waals surface area contributed by atoms with Gasteiger partial charge in [0, 0.05) is 31.1 Å². The van der Waals surface area contributed by atoms with E-state index in [9.17, 15) is 9.59 Å². The second kappa shape index (κ2) is 7.45. The van der Waals surface area contributed by atoms with Crippen molar-refractivity contribution < 1.29 is 9.59 Å². The maximum Gasteiger partial charge on any atom is 0.227 e. The molecule has 0 spiro atoms. The number of nitrogens with zero attached hydrogens (tertiary/aromatic N) is 1. The zero-order valence-corrected chi connectivity index (χ0v) is 14.1. The average Bonchev–Trinajstić information content (AvgIpc) is 2.89. The summed E-state index contributed by atoms with van der Waals surface area (Å²) in [6, 6.07) is 0.260. The van der Waals surface area contributed by atoms with Crippen LogP contribution in [0.25, 0.3) is 0 Å². The number of carbonyl (C=O) groups excluding carboxylic acids is 2. The predicted molar refractivity (Wildman–Crippen MR) is 85.4 cm³/mol. The number of rotatable bonds is 2. The summed E-state index contributed by atoms with van der Waals surface area (Å²) < 4.78 is 0. The van der Waals surface area contributed by atoms with Gasteiger partial charge in [-0.1, -0.05) is 20.8 Å². The molecule has 0 aromatic heterocycles. The van der Waals surface area contributed by atoms with Crippen molar-refractivity contribution >= 4 is 24.2 Å². The van der Waals surface area contributed by atoms with Crippen molar-refractivity contribution in [2.45, 2.75) is 46.1 Å². The fourth-order valence-corrected chi connectivity index (χ4v) is 2.95. The van der Waals surface area contributed by atoms with Crippen LogP contribution in [-0.2, 0) is 9.59 Å². The van der Waals surface area contributed by atoms with Crippen molar-refractivity contribution in [3.8, 4) is 0 Å². The third kappa shape index (κ3) is 4.85. The largest absolute Gasteiger partial charge is 0.352 e. The number of hydrogen-bond donors (Lipinski definition) is 2. The highest BCUT2D eigenvalue weighted by molar-refractivity contribution is 5.85. The molecule has 2 unspecified atom stereocenters. The number of halogens is 1. The molecule has 0 aliphatic carbocycles. The second-order valence-corrected chi connectivity index (χ2v) is 7.04. The Balaban J connectivity index is 0.00000220. The number of amides is 2. The second-order valence-electron chi connectivity index (χ2n) is 7.04. The fourth-order valence-electron chi connectivity index (χ4n) is 2.95. The van der Waals surface area contributed by atoms with Crippen molar-refractivity contribution in [2.24, 2.45) is 11.3 Å². The predicted octanol–water partition coefficient (Wildman–Crippen LogP) is 1.17. The molecule has 0 aromatic carbocycles. The Labute approximate surface area is 133 Å². The van der Waals surface area contributed by atoms with E-state index in [2.05, 4.69) is 10.6 Å². The summed E-state index contributed by atoms with van der Waals surface area (Å²) in [6.45, 7) is 9.00. The van der Waals surface area contributed by atoms with Crippen LogP contribution in [0.1, 0.15) is 40.0 Å². The number of carbonyl (C=O) groups is 2. The van der Waals surface area contributed by atoms with Crippen molar-refractivity contribution in [3.63, 3.8) is 0 Å². The zero-order chi connectivity index (χ0) is 14.8. The van der Waals surface area contributed by atoms with Crippen LogP contribution in [0.3, 0.4) is 0 Å². The molecule has 2 saturated heterocycles. The summed E-state index contributed by atoms with van der Waals surface area (Å²) in [5.41, 5.74) is -0.367. The molecule has 5 nitrogen and oxygen atoms in total. The Hall–Kier alpha value is -0.810. The molecule has 2 N–H and O–H groups in total. The number of nitrogens with one attached hydrogen (secondary N) is 2. The first kappa shape index (κ1) is 18.2. The summed E-state index contributed by atoms with van der Waals surface area (Å²) in [5.74, 6) is 0.221. The SMILES string of the molecule is CC(C)(C)C(=O)N1CCCC(C(=O)NC2CCNC2)C1.Cl. The molecule has 122 valence electrons. The van der Waals surface area contributed by atoms with Crippen molar-refractivity contribution in [2.75, 3.05) is 26.2 Å². The van der Waals surface area contributed by atoms with Crippen LogP contribution >= 0.6 is 12.4 Å². The molecule has 2 heterocycles. The van der Waals surface area contributed by atoms with E-state index >= 15 is 0 Å². The summed E-state index contributed by atoms with van der Waals surface area (Å²) in [6.07, 6.45) is 2.81. The van der Waals surface area contributed by atoms with Crippen LogP contribution in [0, 0.1) is 11.3 Å². The summed E-state index contributed by atoms with van der Waals surface area (Å²) in [5, 5.41) is 6.36. The van der Waals surface area contributed by atoms with E-state index in [4.69, 9.17) is 0 Å². The lowest BCUT2D eigenvalue weighted by atomic mass is 9.91. The molecule has 2 amide bonds. The quantitative estimate of drug-likeness (QED) is 0.804. The monoisotopic (exact) mass is 317 g/mol. The van der Waals surface area contributed by atoms with Crippen LogP contribution in [0.15, 0.2) is 0 Å². The molecular weight excluding hydrogens is 290 g/mol. The van der Waals surface area contributed by atoms with Crippen molar-refractivity contribution in [1.82, 2.24) is 15.5 Å². The first-order chi connectivity index (χ1) is 9.38. The molecule has 0 saturated carbocycles. The van der Waals surface area contributed by atoms with Crippen LogP contribution in [-0.4, -0.2) is 48.9 Å². The first-order valence-corrected chi connectivity index (χ1v) is 7.68. The Morgan fingerprint density at radius 1 is 1.24 bits per heavy atom. The molecule has 6 heteroatoms. The highest BCUT2D eigenvalue weighted by atomic mass is 35.5. The normalized spacial score (nSPS) is 26.1. The third-order valence-corrected chi connectivity index (χ3v) is 4.13. The molecule has 2 rings (SSSR count). The van der Waals surface area contributed by atoms with Crippen LogP contribution in [0.5, 0.6) is 0 Å². The smallest absolute Gasteiger partial charge is 0.227 e. The number of likely N-dealkylation sites (tertiary alicyclic amines) is 1. The van der Waals surface area contributed by atoms with Gasteiger partial charge in [0.25, 0.3) is 0 Å². The van der Waals surface area contributed by atoms with E-state index < -0.39 is 0 Å². The Bertz CT molecular complexity index is 376. The van der Waals surface area contributed by atoms with E-state index in [1.54, 1.807) is 0 Å². The molecule has 21 heavy (non-hydrogen) atoms.